The maximum absolute atomic E-state index is 12.6. The number of ether oxygens (including phenoxy) is 2. The van der Waals surface area contributed by atoms with Crippen LogP contribution in [-0.4, -0.2) is 30.6 Å². The second kappa shape index (κ2) is 16.5. The standard InChI is InChI=1S/C31H43NO4S/c1-4-24(2)34-19-13-11-9-7-5-6-8-10-12-14-20-35-30-22-29-26(23-32-30)21-28(31(33)36-29)25-15-17-27(37-3)18-16-25/h15-18,21-24H,4-14,19-20H2,1-3H3. The highest BCUT2D eigenvalue weighted by atomic mass is 32.2. The van der Waals surface area contributed by atoms with Crippen molar-refractivity contribution in [3.8, 4) is 17.0 Å². The van der Waals surface area contributed by atoms with E-state index in [1.165, 1.54) is 51.4 Å². The summed E-state index contributed by atoms with van der Waals surface area (Å²) in [6.07, 6.45) is 17.7. The van der Waals surface area contributed by atoms with Crippen molar-refractivity contribution in [3.05, 3.63) is 53.0 Å². The molecule has 5 nitrogen and oxygen atoms in total. The number of hydrogen-bond donors (Lipinski definition) is 0. The van der Waals surface area contributed by atoms with Gasteiger partial charge in [-0.1, -0.05) is 70.4 Å². The molecule has 0 aliphatic heterocycles. The molecule has 0 bridgehead atoms. The summed E-state index contributed by atoms with van der Waals surface area (Å²) >= 11 is 1.67. The van der Waals surface area contributed by atoms with Gasteiger partial charge in [-0.05, 0) is 56.2 Å². The number of hydrogen-bond acceptors (Lipinski definition) is 6. The lowest BCUT2D eigenvalue weighted by molar-refractivity contribution is 0.0608. The Hall–Kier alpha value is -2.31. The third-order valence-corrected chi connectivity index (χ3v) is 7.50. The fraction of sp³-hybridized carbons (Fsp3) is 0.548. The summed E-state index contributed by atoms with van der Waals surface area (Å²) in [5, 5.41) is 0.787. The second-order valence-corrected chi connectivity index (χ2v) is 10.6. The predicted octanol–water partition coefficient (Wildman–Crippen LogP) is 8.67. The lowest BCUT2D eigenvalue weighted by Gasteiger charge is -2.09. The van der Waals surface area contributed by atoms with Gasteiger partial charge in [-0.2, -0.15) is 0 Å². The number of nitrogens with zero attached hydrogens (tertiary/aromatic N) is 1. The third kappa shape index (κ3) is 10.2. The number of unbranched alkanes of at least 4 members (excludes halogenated alkanes) is 9. The van der Waals surface area contributed by atoms with Crippen LogP contribution in [0.4, 0.5) is 0 Å². The van der Waals surface area contributed by atoms with Crippen molar-refractivity contribution in [3.63, 3.8) is 0 Å². The van der Waals surface area contributed by atoms with Gasteiger partial charge in [-0.25, -0.2) is 9.78 Å². The molecule has 1 aromatic carbocycles. The fourth-order valence-electron chi connectivity index (χ4n) is 4.24. The highest BCUT2D eigenvalue weighted by molar-refractivity contribution is 7.98. The van der Waals surface area contributed by atoms with Gasteiger partial charge < -0.3 is 13.9 Å². The first-order valence-electron chi connectivity index (χ1n) is 13.9. The summed E-state index contributed by atoms with van der Waals surface area (Å²) in [4.78, 5) is 18.1. The van der Waals surface area contributed by atoms with E-state index in [2.05, 4.69) is 18.8 Å². The summed E-state index contributed by atoms with van der Waals surface area (Å²) in [5.74, 6) is 0.502. The Bertz CT molecular complexity index is 1110. The van der Waals surface area contributed by atoms with Crippen molar-refractivity contribution < 1.29 is 13.9 Å². The summed E-state index contributed by atoms with van der Waals surface area (Å²) < 4.78 is 17.1. The molecule has 3 rings (SSSR count). The number of benzene rings is 1. The zero-order chi connectivity index (χ0) is 26.3. The summed E-state index contributed by atoms with van der Waals surface area (Å²) in [7, 11) is 0. The Kier molecular flexibility index (Phi) is 13.1. The smallest absolute Gasteiger partial charge is 0.344 e. The van der Waals surface area contributed by atoms with E-state index in [-0.39, 0.29) is 5.63 Å². The topological polar surface area (TPSA) is 61.6 Å². The van der Waals surface area contributed by atoms with Crippen molar-refractivity contribution >= 4 is 22.7 Å². The van der Waals surface area contributed by atoms with E-state index in [1.807, 2.05) is 36.6 Å². The first-order valence-corrected chi connectivity index (χ1v) is 15.2. The minimum Gasteiger partial charge on any atom is -0.478 e. The zero-order valence-corrected chi connectivity index (χ0v) is 23.6. The molecule has 0 saturated heterocycles. The molecule has 0 amide bonds. The summed E-state index contributed by atoms with van der Waals surface area (Å²) in [6.45, 7) is 5.86. The van der Waals surface area contributed by atoms with Crippen LogP contribution < -0.4 is 10.4 Å². The molecule has 0 radical (unpaired) electrons. The summed E-state index contributed by atoms with van der Waals surface area (Å²) in [5.41, 5.74) is 1.54. The quantitative estimate of drug-likeness (QED) is 0.122. The minimum atomic E-state index is -0.350. The molecular formula is C31H43NO4S. The van der Waals surface area contributed by atoms with Crippen LogP contribution in [0.3, 0.4) is 0 Å². The van der Waals surface area contributed by atoms with E-state index in [9.17, 15) is 4.79 Å². The van der Waals surface area contributed by atoms with Crippen molar-refractivity contribution in [2.24, 2.45) is 0 Å². The van der Waals surface area contributed by atoms with Gasteiger partial charge in [0.25, 0.3) is 0 Å². The van der Waals surface area contributed by atoms with Crippen LogP contribution in [0.15, 0.2) is 56.7 Å². The van der Waals surface area contributed by atoms with Crippen LogP contribution in [0.5, 0.6) is 5.88 Å². The van der Waals surface area contributed by atoms with Gasteiger partial charge in [0.05, 0.1) is 18.3 Å². The average molecular weight is 526 g/mol. The predicted molar refractivity (Wildman–Crippen MR) is 155 cm³/mol. The Morgan fingerprint density at radius 3 is 2.14 bits per heavy atom. The van der Waals surface area contributed by atoms with Gasteiger partial charge in [0.1, 0.15) is 5.58 Å². The zero-order valence-electron chi connectivity index (χ0n) is 22.8. The average Bonchev–Trinajstić information content (AvgIpc) is 2.92. The van der Waals surface area contributed by atoms with Gasteiger partial charge in [0.2, 0.25) is 5.88 Å². The maximum Gasteiger partial charge on any atom is 0.344 e. The normalized spacial score (nSPS) is 12.2. The fourth-order valence-corrected chi connectivity index (χ4v) is 4.65. The molecule has 0 spiro atoms. The Labute approximate surface area is 226 Å². The van der Waals surface area contributed by atoms with Gasteiger partial charge in [-0.3, -0.25) is 0 Å². The van der Waals surface area contributed by atoms with E-state index in [4.69, 9.17) is 13.9 Å². The van der Waals surface area contributed by atoms with Crippen LogP contribution >= 0.6 is 11.8 Å². The molecule has 2 heterocycles. The number of rotatable bonds is 18. The highest BCUT2D eigenvalue weighted by Gasteiger charge is 2.10. The van der Waals surface area contributed by atoms with Gasteiger partial charge in [-0.15, -0.1) is 11.8 Å². The third-order valence-electron chi connectivity index (χ3n) is 6.76. The number of thioether (sulfide) groups is 1. The van der Waals surface area contributed by atoms with Gasteiger partial charge >= 0.3 is 5.63 Å². The van der Waals surface area contributed by atoms with Crippen LogP contribution in [-0.2, 0) is 4.74 Å². The van der Waals surface area contributed by atoms with Crippen molar-refractivity contribution in [1.82, 2.24) is 4.98 Å². The lowest BCUT2D eigenvalue weighted by Crippen LogP contribution is -2.07. The molecule has 0 N–H and O–H groups in total. The first kappa shape index (κ1) is 29.2. The molecule has 1 unspecified atom stereocenters. The van der Waals surface area contributed by atoms with Crippen LogP contribution in [0.2, 0.25) is 0 Å². The van der Waals surface area contributed by atoms with Crippen molar-refractivity contribution in [2.75, 3.05) is 19.5 Å². The number of aromatic nitrogens is 1. The van der Waals surface area contributed by atoms with Gasteiger partial charge in [0.15, 0.2) is 0 Å². The molecule has 0 saturated carbocycles. The monoisotopic (exact) mass is 525 g/mol. The highest BCUT2D eigenvalue weighted by Crippen LogP contribution is 2.25. The Morgan fingerprint density at radius 2 is 1.51 bits per heavy atom. The molecule has 0 fully saturated rings. The SMILES string of the molecule is CCC(C)OCCCCCCCCCCCCOc1cc2oc(=O)c(-c3ccc(SC)cc3)cc2cn1. The van der Waals surface area contributed by atoms with Crippen LogP contribution in [0, 0.1) is 0 Å². The van der Waals surface area contributed by atoms with E-state index in [0.717, 1.165) is 41.7 Å². The molecule has 1 atom stereocenters. The van der Waals surface area contributed by atoms with E-state index in [1.54, 1.807) is 24.0 Å². The van der Waals surface area contributed by atoms with Crippen molar-refractivity contribution in [1.29, 1.82) is 0 Å². The molecule has 2 aromatic heterocycles. The second-order valence-electron chi connectivity index (χ2n) is 9.71. The molecule has 37 heavy (non-hydrogen) atoms. The van der Waals surface area contributed by atoms with Crippen LogP contribution in [0.25, 0.3) is 22.1 Å². The van der Waals surface area contributed by atoms with E-state index >= 15 is 0 Å². The van der Waals surface area contributed by atoms with E-state index in [0.29, 0.717) is 29.7 Å². The number of pyridine rings is 1. The van der Waals surface area contributed by atoms with E-state index < -0.39 is 0 Å². The Morgan fingerprint density at radius 1 is 0.892 bits per heavy atom. The van der Waals surface area contributed by atoms with Crippen molar-refractivity contribution in [2.45, 2.75) is 95.5 Å². The number of fused-ring (bicyclic) bond motifs is 1. The molecular weight excluding hydrogens is 482 g/mol. The first-order chi connectivity index (χ1) is 18.1. The van der Waals surface area contributed by atoms with Crippen LogP contribution in [0.1, 0.15) is 84.5 Å². The molecule has 0 aliphatic carbocycles. The molecule has 0 aliphatic rings. The van der Waals surface area contributed by atoms with Gasteiger partial charge in [0, 0.05) is 29.2 Å². The molecule has 6 heteroatoms. The maximum atomic E-state index is 12.6. The summed E-state index contributed by atoms with van der Waals surface area (Å²) in [6, 6.07) is 11.5. The minimum absolute atomic E-state index is 0.350. The molecule has 3 aromatic rings. The molecule has 202 valence electrons. The lowest BCUT2D eigenvalue weighted by atomic mass is 10.1. The Balaban J connectivity index is 1.29. The largest absolute Gasteiger partial charge is 0.478 e.